The summed E-state index contributed by atoms with van der Waals surface area (Å²) in [5, 5.41) is 21.2. The monoisotopic (exact) mass is 552 g/mol. The number of carbonyl (C=O) groups excluding carboxylic acids is 1. The number of phenolic OH excluding ortho intramolecular Hbond substituents is 1. The van der Waals surface area contributed by atoms with Gasteiger partial charge in [0.15, 0.2) is 17.3 Å². The number of piperidine rings is 1. The minimum Gasteiger partial charge on any atom is -0.502 e. The van der Waals surface area contributed by atoms with Crippen LogP contribution in [-0.4, -0.2) is 60.1 Å². The van der Waals surface area contributed by atoms with Crippen molar-refractivity contribution in [2.75, 3.05) is 34.4 Å². The summed E-state index contributed by atoms with van der Waals surface area (Å²) in [6, 6.07) is 9.59. The summed E-state index contributed by atoms with van der Waals surface area (Å²) in [6.45, 7) is 2.34. The minimum absolute atomic E-state index is 0.00830. The van der Waals surface area contributed by atoms with Crippen LogP contribution in [0.1, 0.15) is 47.5 Å². The van der Waals surface area contributed by atoms with E-state index in [2.05, 4.69) is 4.90 Å². The highest BCUT2D eigenvalue weighted by molar-refractivity contribution is 5.71. The van der Waals surface area contributed by atoms with E-state index < -0.39 is 23.1 Å². The molecule has 212 valence electrons. The Balaban J connectivity index is 1.50. The van der Waals surface area contributed by atoms with Gasteiger partial charge >= 0.3 is 5.97 Å². The molecule has 2 aliphatic rings. The highest BCUT2D eigenvalue weighted by atomic mass is 16.5. The SMILES string of the molecule is COC(=O)C[C@H](c1cc(OC)c(O)c(OC)c1)c1oc(CN2C[C@H]3C[C@@H](C2)c2cccc(=O)n2C3)cc(=O)c1O. The van der Waals surface area contributed by atoms with Crippen molar-refractivity contribution in [3.63, 3.8) is 0 Å². The third-order valence-corrected chi connectivity index (χ3v) is 7.75. The molecule has 1 saturated heterocycles. The Morgan fingerprint density at radius 3 is 2.42 bits per heavy atom. The number of benzene rings is 1. The number of likely N-dealkylation sites (tertiary alicyclic amines) is 1. The van der Waals surface area contributed by atoms with Crippen molar-refractivity contribution in [3.05, 3.63) is 79.8 Å². The number of phenols is 1. The third kappa shape index (κ3) is 5.16. The molecule has 3 atom stereocenters. The summed E-state index contributed by atoms with van der Waals surface area (Å²) >= 11 is 0. The number of methoxy groups -OCH3 is 3. The Morgan fingerprint density at radius 1 is 1.02 bits per heavy atom. The van der Waals surface area contributed by atoms with Crippen LogP contribution in [0.4, 0.5) is 0 Å². The molecular weight excluding hydrogens is 520 g/mol. The predicted octanol–water partition coefficient (Wildman–Crippen LogP) is 2.54. The number of hydrogen-bond acceptors (Lipinski definition) is 10. The number of carbonyl (C=O) groups is 1. The molecule has 2 aromatic heterocycles. The zero-order valence-electron chi connectivity index (χ0n) is 22.6. The number of aromatic nitrogens is 1. The van der Waals surface area contributed by atoms with Crippen LogP contribution in [0, 0.1) is 5.92 Å². The average molecular weight is 553 g/mol. The summed E-state index contributed by atoms with van der Waals surface area (Å²) < 4.78 is 23.4. The third-order valence-electron chi connectivity index (χ3n) is 7.75. The Morgan fingerprint density at radius 2 is 1.75 bits per heavy atom. The number of fused-ring (bicyclic) bond motifs is 4. The van der Waals surface area contributed by atoms with E-state index in [0.29, 0.717) is 31.0 Å². The molecule has 40 heavy (non-hydrogen) atoms. The van der Waals surface area contributed by atoms with E-state index in [4.69, 9.17) is 18.6 Å². The topological polar surface area (TPSA) is 141 Å². The molecule has 0 saturated carbocycles. The predicted molar refractivity (Wildman–Crippen MR) is 143 cm³/mol. The molecule has 2 bridgehead atoms. The van der Waals surface area contributed by atoms with E-state index >= 15 is 0 Å². The van der Waals surface area contributed by atoms with E-state index in [9.17, 15) is 24.6 Å². The molecule has 11 nitrogen and oxygen atoms in total. The fraction of sp³-hybridized carbons (Fsp3) is 0.414. The first kappa shape index (κ1) is 27.3. The first-order valence-electron chi connectivity index (χ1n) is 13.0. The summed E-state index contributed by atoms with van der Waals surface area (Å²) in [7, 11) is 3.98. The van der Waals surface area contributed by atoms with Gasteiger partial charge in [-0.25, -0.2) is 0 Å². The van der Waals surface area contributed by atoms with Gasteiger partial charge in [-0.1, -0.05) is 6.07 Å². The van der Waals surface area contributed by atoms with E-state index in [0.717, 1.165) is 18.7 Å². The maximum atomic E-state index is 12.9. The molecule has 4 heterocycles. The smallest absolute Gasteiger partial charge is 0.306 e. The van der Waals surface area contributed by atoms with Crippen LogP contribution in [0.3, 0.4) is 0 Å². The van der Waals surface area contributed by atoms with Gasteiger partial charge < -0.3 is 33.4 Å². The molecule has 11 heteroatoms. The molecule has 2 aliphatic heterocycles. The Bertz CT molecular complexity index is 1520. The maximum absolute atomic E-state index is 12.9. The van der Waals surface area contributed by atoms with E-state index in [1.54, 1.807) is 12.1 Å². The fourth-order valence-corrected chi connectivity index (χ4v) is 5.94. The van der Waals surface area contributed by atoms with Crippen molar-refractivity contribution in [1.82, 2.24) is 9.47 Å². The Hall–Kier alpha value is -4.25. The van der Waals surface area contributed by atoms with Crippen LogP contribution in [0.5, 0.6) is 23.0 Å². The molecule has 2 N–H and O–H groups in total. The average Bonchev–Trinajstić information content (AvgIpc) is 2.94. The van der Waals surface area contributed by atoms with Crippen molar-refractivity contribution < 1.29 is 33.6 Å². The van der Waals surface area contributed by atoms with Gasteiger partial charge in [-0.05, 0) is 36.1 Å². The first-order chi connectivity index (χ1) is 19.2. The molecule has 0 unspecified atom stereocenters. The molecule has 3 aromatic rings. The van der Waals surface area contributed by atoms with E-state index in [1.807, 2.05) is 10.6 Å². The van der Waals surface area contributed by atoms with E-state index in [-0.39, 0.29) is 46.8 Å². The van der Waals surface area contributed by atoms with Gasteiger partial charge in [-0.3, -0.25) is 19.3 Å². The molecule has 0 aliphatic carbocycles. The second kappa shape index (κ2) is 11.1. The lowest BCUT2D eigenvalue weighted by molar-refractivity contribution is -0.140. The summed E-state index contributed by atoms with van der Waals surface area (Å²) in [4.78, 5) is 39.9. The number of rotatable bonds is 8. The fourth-order valence-electron chi connectivity index (χ4n) is 5.94. The molecule has 1 aromatic carbocycles. The van der Waals surface area contributed by atoms with Gasteiger partial charge in [0.05, 0.1) is 40.2 Å². The van der Waals surface area contributed by atoms with Crippen LogP contribution in [0.25, 0.3) is 0 Å². The van der Waals surface area contributed by atoms with Crippen LogP contribution >= 0.6 is 0 Å². The quantitative estimate of drug-likeness (QED) is 0.401. The first-order valence-corrected chi connectivity index (χ1v) is 13.0. The lowest BCUT2D eigenvalue weighted by Gasteiger charge is -2.42. The van der Waals surface area contributed by atoms with Crippen molar-refractivity contribution in [2.24, 2.45) is 5.92 Å². The van der Waals surface area contributed by atoms with Crippen molar-refractivity contribution in [2.45, 2.75) is 37.8 Å². The summed E-state index contributed by atoms with van der Waals surface area (Å²) in [6.07, 6.45) is 0.726. The molecule has 1 fully saturated rings. The van der Waals surface area contributed by atoms with Crippen molar-refractivity contribution >= 4 is 5.97 Å². The molecular formula is C29H32N2O9. The van der Waals surface area contributed by atoms with Crippen molar-refractivity contribution in [3.8, 4) is 23.0 Å². The van der Waals surface area contributed by atoms with Crippen LogP contribution in [0.2, 0.25) is 0 Å². The van der Waals surface area contributed by atoms with Crippen molar-refractivity contribution in [1.29, 1.82) is 0 Å². The highest BCUT2D eigenvalue weighted by Crippen LogP contribution is 2.43. The number of nitrogens with zero attached hydrogens (tertiary/aromatic N) is 2. The Labute approximate surface area is 230 Å². The zero-order chi connectivity index (χ0) is 28.6. The van der Waals surface area contributed by atoms with Gasteiger partial charge in [0.1, 0.15) is 5.76 Å². The number of aromatic hydroxyl groups is 2. The normalized spacial score (nSPS) is 19.0. The highest BCUT2D eigenvalue weighted by Gasteiger charge is 2.35. The van der Waals surface area contributed by atoms with Crippen LogP contribution < -0.4 is 20.5 Å². The number of pyridine rings is 1. The van der Waals surface area contributed by atoms with E-state index in [1.165, 1.54) is 39.5 Å². The second-order valence-electron chi connectivity index (χ2n) is 10.3. The summed E-state index contributed by atoms with van der Waals surface area (Å²) in [5.41, 5.74) is 0.781. The second-order valence-corrected chi connectivity index (χ2v) is 10.3. The minimum atomic E-state index is -0.942. The standard InChI is InChI=1S/C29H32N2O9/c1-37-23-8-17(9-24(38-2)28(23)36)20(11-26(34)39-3)29-27(35)22(32)10-19(40-29)15-30-12-16-7-18(14-30)21-5-4-6-25(33)31(21)13-16/h4-6,8-10,16,18,20,35-36H,7,11-15H2,1-3H3/t16-,18+,20-/m1/s1. The van der Waals surface area contributed by atoms with Crippen LogP contribution in [-0.2, 0) is 22.6 Å². The molecule has 0 radical (unpaired) electrons. The van der Waals surface area contributed by atoms with Gasteiger partial charge in [-0.15, -0.1) is 0 Å². The molecule has 0 amide bonds. The number of ether oxygens (including phenoxy) is 3. The summed E-state index contributed by atoms with van der Waals surface area (Å²) in [5.74, 6) is -1.54. The molecule has 5 rings (SSSR count). The van der Waals surface area contributed by atoms with Gasteiger partial charge in [0.25, 0.3) is 5.56 Å². The van der Waals surface area contributed by atoms with Crippen LogP contribution in [0.15, 0.2) is 50.4 Å². The maximum Gasteiger partial charge on any atom is 0.306 e. The van der Waals surface area contributed by atoms with Gasteiger partial charge in [0.2, 0.25) is 16.9 Å². The lowest BCUT2D eigenvalue weighted by Crippen LogP contribution is -2.46. The largest absolute Gasteiger partial charge is 0.502 e. The van der Waals surface area contributed by atoms with Gasteiger partial charge in [0, 0.05) is 43.4 Å². The zero-order valence-corrected chi connectivity index (χ0v) is 22.6. The van der Waals surface area contributed by atoms with Gasteiger partial charge in [-0.2, -0.15) is 0 Å². The Kier molecular flexibility index (Phi) is 7.57. The lowest BCUT2D eigenvalue weighted by atomic mass is 9.83. The number of hydrogen-bond donors (Lipinski definition) is 2. The molecule has 0 spiro atoms. The number of esters is 1.